The van der Waals surface area contributed by atoms with E-state index in [1.807, 2.05) is 25.1 Å². The molecule has 0 radical (unpaired) electrons. The molecule has 0 saturated carbocycles. The van der Waals surface area contributed by atoms with Crippen LogP contribution < -0.4 is 10.1 Å². The molecule has 20 heavy (non-hydrogen) atoms. The highest BCUT2D eigenvalue weighted by Crippen LogP contribution is 2.42. The maximum atomic E-state index is 11.9. The van der Waals surface area contributed by atoms with Crippen LogP contribution >= 0.6 is 22.6 Å². The lowest BCUT2D eigenvalue weighted by Gasteiger charge is -2.13. The second kappa shape index (κ2) is 7.15. The van der Waals surface area contributed by atoms with Gasteiger partial charge in [-0.25, -0.2) is 4.79 Å². The van der Waals surface area contributed by atoms with Gasteiger partial charge in [0.15, 0.2) is 0 Å². The SMILES string of the molecule is CCCCOc1ccc2c(c1)C(I)C(C(=O)OCC)N2. The lowest BCUT2D eigenvalue weighted by molar-refractivity contribution is -0.143. The van der Waals surface area contributed by atoms with E-state index in [0.29, 0.717) is 6.61 Å². The monoisotopic (exact) mass is 389 g/mol. The summed E-state index contributed by atoms with van der Waals surface area (Å²) in [5, 5.41) is 3.23. The summed E-state index contributed by atoms with van der Waals surface area (Å²) in [6.45, 7) is 5.10. The number of unbranched alkanes of at least 4 members (excludes halogenated alkanes) is 1. The zero-order chi connectivity index (χ0) is 14.5. The molecule has 1 aliphatic rings. The molecule has 0 fully saturated rings. The summed E-state index contributed by atoms with van der Waals surface area (Å²) in [6.07, 6.45) is 2.17. The van der Waals surface area contributed by atoms with Gasteiger partial charge in [-0.3, -0.25) is 0 Å². The molecule has 0 bridgehead atoms. The van der Waals surface area contributed by atoms with Gasteiger partial charge in [0.05, 0.1) is 17.1 Å². The largest absolute Gasteiger partial charge is 0.494 e. The van der Waals surface area contributed by atoms with Crippen LogP contribution in [-0.2, 0) is 9.53 Å². The van der Waals surface area contributed by atoms with Crippen molar-refractivity contribution in [2.24, 2.45) is 0 Å². The Hall–Kier alpha value is -0.980. The zero-order valence-electron chi connectivity index (χ0n) is 11.8. The van der Waals surface area contributed by atoms with Crippen LogP contribution in [0.5, 0.6) is 5.75 Å². The number of alkyl halides is 1. The van der Waals surface area contributed by atoms with Gasteiger partial charge in [0.25, 0.3) is 0 Å². The molecule has 0 aliphatic carbocycles. The Balaban J connectivity index is 2.07. The van der Waals surface area contributed by atoms with Crippen LogP contribution in [0.25, 0.3) is 0 Å². The fourth-order valence-corrected chi connectivity index (χ4v) is 3.14. The molecule has 0 aromatic heterocycles. The Morgan fingerprint density at radius 1 is 1.40 bits per heavy atom. The molecule has 4 nitrogen and oxygen atoms in total. The minimum absolute atomic E-state index is 0.0661. The molecule has 0 amide bonds. The number of esters is 1. The summed E-state index contributed by atoms with van der Waals surface area (Å²) < 4.78 is 10.9. The van der Waals surface area contributed by atoms with Crippen LogP contribution in [0.15, 0.2) is 18.2 Å². The number of nitrogens with one attached hydrogen (secondary N) is 1. The summed E-state index contributed by atoms with van der Waals surface area (Å²) >= 11 is 2.28. The second-order valence-corrected chi connectivity index (χ2v) is 6.07. The van der Waals surface area contributed by atoms with Gasteiger partial charge >= 0.3 is 5.97 Å². The van der Waals surface area contributed by atoms with Crippen molar-refractivity contribution in [1.29, 1.82) is 0 Å². The van der Waals surface area contributed by atoms with Crippen molar-refractivity contribution in [3.05, 3.63) is 23.8 Å². The lowest BCUT2D eigenvalue weighted by atomic mass is 10.1. The topological polar surface area (TPSA) is 47.6 Å². The number of hydrogen-bond donors (Lipinski definition) is 1. The van der Waals surface area contributed by atoms with Gasteiger partial charge in [-0.2, -0.15) is 0 Å². The zero-order valence-corrected chi connectivity index (χ0v) is 14.0. The van der Waals surface area contributed by atoms with E-state index in [9.17, 15) is 4.79 Å². The summed E-state index contributed by atoms with van der Waals surface area (Å²) in [5.41, 5.74) is 2.10. The summed E-state index contributed by atoms with van der Waals surface area (Å²) in [6, 6.07) is 5.63. The third-order valence-corrected chi connectivity index (χ3v) is 4.62. The molecule has 1 aromatic carbocycles. The Morgan fingerprint density at radius 3 is 2.90 bits per heavy atom. The van der Waals surface area contributed by atoms with E-state index < -0.39 is 0 Å². The van der Waals surface area contributed by atoms with Crippen molar-refractivity contribution in [1.82, 2.24) is 0 Å². The van der Waals surface area contributed by atoms with Crippen LogP contribution in [0.3, 0.4) is 0 Å². The van der Waals surface area contributed by atoms with Gasteiger partial charge < -0.3 is 14.8 Å². The van der Waals surface area contributed by atoms with E-state index in [2.05, 4.69) is 34.8 Å². The molecule has 1 heterocycles. The molecule has 0 spiro atoms. The first-order chi connectivity index (χ1) is 9.67. The summed E-state index contributed by atoms with van der Waals surface area (Å²) in [4.78, 5) is 11.9. The van der Waals surface area contributed by atoms with Gasteiger partial charge in [-0.05, 0) is 37.1 Å². The number of benzene rings is 1. The second-order valence-electron chi connectivity index (χ2n) is 4.73. The minimum Gasteiger partial charge on any atom is -0.494 e. The standard InChI is InChI=1S/C15H20INO3/c1-3-5-8-20-10-6-7-12-11(9-10)13(16)14(17-12)15(18)19-4-2/h6-7,9,13-14,17H,3-5,8H2,1-2H3. The van der Waals surface area contributed by atoms with Gasteiger partial charge in [0.2, 0.25) is 0 Å². The Bertz CT molecular complexity index is 478. The van der Waals surface area contributed by atoms with E-state index >= 15 is 0 Å². The highest BCUT2D eigenvalue weighted by molar-refractivity contribution is 14.1. The van der Waals surface area contributed by atoms with Crippen LogP contribution in [-0.4, -0.2) is 25.2 Å². The smallest absolute Gasteiger partial charge is 0.330 e. The molecular formula is C15H20INO3. The van der Waals surface area contributed by atoms with Crippen molar-refractivity contribution in [3.63, 3.8) is 0 Å². The fourth-order valence-electron chi connectivity index (χ4n) is 2.16. The predicted molar refractivity (Wildman–Crippen MR) is 87.6 cm³/mol. The van der Waals surface area contributed by atoms with Crippen molar-refractivity contribution in [3.8, 4) is 5.75 Å². The van der Waals surface area contributed by atoms with E-state index in [0.717, 1.165) is 36.4 Å². The first kappa shape index (κ1) is 15.4. The number of rotatable bonds is 6. The van der Waals surface area contributed by atoms with Crippen molar-refractivity contribution < 1.29 is 14.3 Å². The van der Waals surface area contributed by atoms with Gasteiger partial charge in [0, 0.05) is 5.69 Å². The predicted octanol–water partition coefficient (Wildman–Crippen LogP) is 3.70. The quantitative estimate of drug-likeness (QED) is 0.349. The molecule has 5 heteroatoms. The van der Waals surface area contributed by atoms with Crippen LogP contribution in [0.4, 0.5) is 5.69 Å². The number of hydrogen-bond acceptors (Lipinski definition) is 4. The number of halogens is 1. The highest BCUT2D eigenvalue weighted by Gasteiger charge is 2.36. The van der Waals surface area contributed by atoms with Crippen molar-refractivity contribution in [2.75, 3.05) is 18.5 Å². The maximum Gasteiger partial charge on any atom is 0.330 e. The Labute approximate surface area is 133 Å². The first-order valence-electron chi connectivity index (χ1n) is 7.01. The van der Waals surface area contributed by atoms with E-state index in [4.69, 9.17) is 9.47 Å². The average Bonchev–Trinajstić information content (AvgIpc) is 2.77. The van der Waals surface area contributed by atoms with Gasteiger partial charge in [-0.1, -0.05) is 35.9 Å². The van der Waals surface area contributed by atoms with Crippen molar-refractivity contribution >= 4 is 34.2 Å². The fraction of sp³-hybridized carbons (Fsp3) is 0.533. The summed E-state index contributed by atoms with van der Waals surface area (Å²) in [5.74, 6) is 0.668. The molecule has 0 saturated heterocycles. The van der Waals surface area contributed by atoms with Crippen molar-refractivity contribution in [2.45, 2.75) is 36.7 Å². The van der Waals surface area contributed by atoms with Gasteiger partial charge in [-0.15, -0.1) is 0 Å². The molecule has 1 N–H and O–H groups in total. The van der Waals surface area contributed by atoms with E-state index in [1.54, 1.807) is 0 Å². The molecule has 1 aliphatic heterocycles. The number of carbonyl (C=O) groups excluding carboxylic acids is 1. The Morgan fingerprint density at radius 2 is 2.20 bits per heavy atom. The van der Waals surface area contributed by atoms with Gasteiger partial charge in [0.1, 0.15) is 11.8 Å². The maximum absolute atomic E-state index is 11.9. The number of anilines is 1. The third kappa shape index (κ3) is 3.37. The molecule has 1 aromatic rings. The number of ether oxygens (including phenoxy) is 2. The average molecular weight is 389 g/mol. The first-order valence-corrected chi connectivity index (χ1v) is 8.26. The summed E-state index contributed by atoms with van der Waals surface area (Å²) in [7, 11) is 0. The number of carbonyl (C=O) groups is 1. The minimum atomic E-state index is -0.309. The van der Waals surface area contributed by atoms with Crippen LogP contribution in [0.2, 0.25) is 0 Å². The molecular weight excluding hydrogens is 369 g/mol. The van der Waals surface area contributed by atoms with Crippen LogP contribution in [0.1, 0.15) is 36.2 Å². The lowest BCUT2D eigenvalue weighted by Crippen LogP contribution is -2.30. The molecule has 2 atom stereocenters. The highest BCUT2D eigenvalue weighted by atomic mass is 127. The number of fused-ring (bicyclic) bond motifs is 1. The Kier molecular flexibility index (Phi) is 5.51. The molecule has 110 valence electrons. The van der Waals surface area contributed by atoms with E-state index in [1.165, 1.54) is 0 Å². The van der Waals surface area contributed by atoms with E-state index in [-0.39, 0.29) is 15.9 Å². The third-order valence-electron chi connectivity index (χ3n) is 3.23. The van der Waals surface area contributed by atoms with Crippen LogP contribution in [0, 0.1) is 0 Å². The normalized spacial score (nSPS) is 20.1. The molecule has 2 unspecified atom stereocenters. The molecule has 2 rings (SSSR count).